The van der Waals surface area contributed by atoms with Crippen LogP contribution in [-0.2, 0) is 0 Å². The second-order valence-electron chi connectivity index (χ2n) is 6.74. The van der Waals surface area contributed by atoms with E-state index in [1.54, 1.807) is 0 Å². The van der Waals surface area contributed by atoms with Gasteiger partial charge in [-0.2, -0.15) is 0 Å². The molecule has 3 rings (SSSR count). The quantitative estimate of drug-likeness (QED) is 0.498. The third-order valence-electron chi connectivity index (χ3n) is 3.47. The molecule has 2 aromatic carbocycles. The van der Waals surface area contributed by atoms with Gasteiger partial charge in [0, 0.05) is 20.4 Å². The fourth-order valence-electron chi connectivity index (χ4n) is 2.46. The molecule has 0 fully saturated rings. The SMILES string of the molecule is CC(C)(C)Nc1c(/C=C/c2ccc(Cl)cc2)oc2ccc(Br)cc12. The van der Waals surface area contributed by atoms with E-state index in [2.05, 4.69) is 48.1 Å². The van der Waals surface area contributed by atoms with Crippen LogP contribution < -0.4 is 5.32 Å². The molecule has 1 N–H and O–H groups in total. The number of benzene rings is 2. The smallest absolute Gasteiger partial charge is 0.151 e. The summed E-state index contributed by atoms with van der Waals surface area (Å²) < 4.78 is 7.08. The van der Waals surface area contributed by atoms with Crippen LogP contribution in [0.3, 0.4) is 0 Å². The molecule has 24 heavy (non-hydrogen) atoms. The van der Waals surface area contributed by atoms with E-state index in [1.165, 1.54) is 0 Å². The lowest BCUT2D eigenvalue weighted by molar-refractivity contribution is 0.595. The molecule has 0 amide bonds. The van der Waals surface area contributed by atoms with Crippen LogP contribution in [0, 0.1) is 0 Å². The van der Waals surface area contributed by atoms with Crippen molar-refractivity contribution in [3.8, 4) is 0 Å². The summed E-state index contributed by atoms with van der Waals surface area (Å²) in [6.45, 7) is 6.41. The predicted molar refractivity (Wildman–Crippen MR) is 108 cm³/mol. The number of fused-ring (bicyclic) bond motifs is 1. The number of hydrogen-bond donors (Lipinski definition) is 1. The van der Waals surface area contributed by atoms with Crippen molar-refractivity contribution in [3.63, 3.8) is 0 Å². The zero-order valence-electron chi connectivity index (χ0n) is 13.9. The first kappa shape index (κ1) is 17.1. The molecule has 1 aromatic heterocycles. The fraction of sp³-hybridized carbons (Fsp3) is 0.200. The van der Waals surface area contributed by atoms with Gasteiger partial charge in [-0.15, -0.1) is 0 Å². The number of furan rings is 1. The molecule has 4 heteroatoms. The predicted octanol–water partition coefficient (Wildman–Crippen LogP) is 7.23. The molecule has 124 valence electrons. The highest BCUT2D eigenvalue weighted by molar-refractivity contribution is 9.10. The van der Waals surface area contributed by atoms with Gasteiger partial charge in [-0.25, -0.2) is 0 Å². The van der Waals surface area contributed by atoms with E-state index in [-0.39, 0.29) is 5.54 Å². The van der Waals surface area contributed by atoms with Crippen LogP contribution in [-0.4, -0.2) is 5.54 Å². The van der Waals surface area contributed by atoms with E-state index in [9.17, 15) is 0 Å². The number of hydrogen-bond acceptors (Lipinski definition) is 2. The highest BCUT2D eigenvalue weighted by Gasteiger charge is 2.18. The fourth-order valence-corrected chi connectivity index (χ4v) is 2.94. The average Bonchev–Trinajstić information content (AvgIpc) is 2.82. The zero-order valence-corrected chi connectivity index (χ0v) is 16.2. The van der Waals surface area contributed by atoms with E-state index in [4.69, 9.17) is 16.0 Å². The molecule has 0 aliphatic heterocycles. The molecule has 0 radical (unpaired) electrons. The minimum atomic E-state index is -0.0675. The minimum Gasteiger partial charge on any atom is -0.454 e. The number of rotatable bonds is 3. The number of anilines is 1. The van der Waals surface area contributed by atoms with Crippen LogP contribution in [0.1, 0.15) is 32.1 Å². The van der Waals surface area contributed by atoms with Gasteiger partial charge in [0.15, 0.2) is 5.76 Å². The van der Waals surface area contributed by atoms with Crippen LogP contribution in [0.15, 0.2) is 51.4 Å². The first-order valence-corrected chi connectivity index (χ1v) is 8.93. The minimum absolute atomic E-state index is 0.0675. The molecular formula is C20H19BrClNO. The molecule has 0 spiro atoms. The zero-order chi connectivity index (χ0) is 17.3. The maximum atomic E-state index is 6.05. The van der Waals surface area contributed by atoms with E-state index in [1.807, 2.05) is 48.6 Å². The Bertz CT molecular complexity index is 888. The average molecular weight is 405 g/mol. The summed E-state index contributed by atoms with van der Waals surface area (Å²) in [7, 11) is 0. The Balaban J connectivity index is 2.05. The van der Waals surface area contributed by atoms with Gasteiger partial charge >= 0.3 is 0 Å². The van der Waals surface area contributed by atoms with Crippen molar-refractivity contribution in [1.82, 2.24) is 0 Å². The highest BCUT2D eigenvalue weighted by atomic mass is 79.9. The van der Waals surface area contributed by atoms with Gasteiger partial charge < -0.3 is 9.73 Å². The van der Waals surface area contributed by atoms with Crippen molar-refractivity contribution in [3.05, 3.63) is 63.3 Å². The Labute approximate surface area is 155 Å². The van der Waals surface area contributed by atoms with Gasteiger partial charge in [-0.1, -0.05) is 45.7 Å². The van der Waals surface area contributed by atoms with Gasteiger partial charge in [0.25, 0.3) is 0 Å². The van der Waals surface area contributed by atoms with Crippen LogP contribution in [0.25, 0.3) is 23.1 Å². The van der Waals surface area contributed by atoms with Crippen LogP contribution >= 0.6 is 27.5 Å². The molecule has 0 atom stereocenters. The first-order chi connectivity index (χ1) is 11.3. The molecule has 3 aromatic rings. The van der Waals surface area contributed by atoms with Crippen molar-refractivity contribution in [1.29, 1.82) is 0 Å². The lowest BCUT2D eigenvalue weighted by Gasteiger charge is -2.21. The van der Waals surface area contributed by atoms with Gasteiger partial charge in [0.1, 0.15) is 5.58 Å². The second-order valence-corrected chi connectivity index (χ2v) is 8.09. The lowest BCUT2D eigenvalue weighted by atomic mass is 10.1. The third kappa shape index (κ3) is 4.03. The summed E-state index contributed by atoms with van der Waals surface area (Å²) in [5.74, 6) is 0.813. The molecule has 0 bridgehead atoms. The summed E-state index contributed by atoms with van der Waals surface area (Å²) in [4.78, 5) is 0. The Hall–Kier alpha value is -1.71. The van der Waals surface area contributed by atoms with Crippen molar-refractivity contribution >= 4 is 56.3 Å². The Kier molecular flexibility index (Phi) is 4.75. The van der Waals surface area contributed by atoms with Crippen molar-refractivity contribution < 1.29 is 4.42 Å². The molecule has 0 aliphatic rings. The van der Waals surface area contributed by atoms with Gasteiger partial charge in [0.05, 0.1) is 5.69 Å². The van der Waals surface area contributed by atoms with Crippen LogP contribution in [0.2, 0.25) is 5.02 Å². The summed E-state index contributed by atoms with van der Waals surface area (Å²) in [6, 6.07) is 13.8. The molecule has 2 nitrogen and oxygen atoms in total. The maximum Gasteiger partial charge on any atom is 0.151 e. The van der Waals surface area contributed by atoms with Gasteiger partial charge in [0.2, 0.25) is 0 Å². The second kappa shape index (κ2) is 6.66. The molecule has 0 saturated heterocycles. The topological polar surface area (TPSA) is 25.2 Å². The molecular weight excluding hydrogens is 386 g/mol. The molecule has 1 heterocycles. The molecule has 0 saturated carbocycles. The Morgan fingerprint density at radius 2 is 1.75 bits per heavy atom. The van der Waals surface area contributed by atoms with Crippen molar-refractivity contribution in [2.45, 2.75) is 26.3 Å². The number of halogens is 2. The normalized spacial score (nSPS) is 12.2. The lowest BCUT2D eigenvalue weighted by Crippen LogP contribution is -2.26. The summed E-state index contributed by atoms with van der Waals surface area (Å²) >= 11 is 9.48. The van der Waals surface area contributed by atoms with E-state index < -0.39 is 0 Å². The van der Waals surface area contributed by atoms with Crippen LogP contribution in [0.4, 0.5) is 5.69 Å². The van der Waals surface area contributed by atoms with Gasteiger partial charge in [-0.05, 0) is 62.7 Å². The first-order valence-electron chi connectivity index (χ1n) is 7.76. The van der Waals surface area contributed by atoms with Crippen molar-refractivity contribution in [2.24, 2.45) is 0 Å². The largest absolute Gasteiger partial charge is 0.454 e. The summed E-state index contributed by atoms with van der Waals surface area (Å²) in [6.07, 6.45) is 4.02. The maximum absolute atomic E-state index is 6.05. The van der Waals surface area contributed by atoms with E-state index in [0.717, 1.165) is 37.5 Å². The summed E-state index contributed by atoms with van der Waals surface area (Å²) in [5.41, 5.74) is 2.87. The third-order valence-corrected chi connectivity index (χ3v) is 4.22. The van der Waals surface area contributed by atoms with E-state index >= 15 is 0 Å². The van der Waals surface area contributed by atoms with E-state index in [0.29, 0.717) is 0 Å². The Morgan fingerprint density at radius 3 is 2.42 bits per heavy atom. The molecule has 0 aliphatic carbocycles. The van der Waals surface area contributed by atoms with Gasteiger partial charge in [-0.3, -0.25) is 0 Å². The van der Waals surface area contributed by atoms with Crippen LogP contribution in [0.5, 0.6) is 0 Å². The monoisotopic (exact) mass is 403 g/mol. The highest BCUT2D eigenvalue weighted by Crippen LogP contribution is 2.35. The number of nitrogens with one attached hydrogen (secondary N) is 1. The standard InChI is InChI=1S/C20H19BrClNO/c1-20(2,3)23-19-16-12-14(21)7-11-17(16)24-18(19)10-6-13-4-8-15(22)9-5-13/h4-12,23H,1-3H3/b10-6+. The Morgan fingerprint density at radius 1 is 1.04 bits per heavy atom. The molecule has 0 unspecified atom stereocenters. The van der Waals surface area contributed by atoms with Crippen molar-refractivity contribution in [2.75, 3.05) is 5.32 Å². The summed E-state index contributed by atoms with van der Waals surface area (Å²) in [5, 5.41) is 5.36.